The van der Waals surface area contributed by atoms with E-state index in [1.165, 1.54) is 0 Å². The van der Waals surface area contributed by atoms with Gasteiger partial charge in [0.05, 0.1) is 12.6 Å². The molecule has 1 unspecified atom stereocenters. The summed E-state index contributed by atoms with van der Waals surface area (Å²) in [5.74, 6) is -0.589. The van der Waals surface area contributed by atoms with Crippen LogP contribution in [0.2, 0.25) is 0 Å². The Kier molecular flexibility index (Phi) is 2.07. The van der Waals surface area contributed by atoms with E-state index in [1.807, 2.05) is 20.8 Å². The summed E-state index contributed by atoms with van der Waals surface area (Å²) in [5.41, 5.74) is -0.629. The molecule has 0 bridgehead atoms. The molecule has 2 saturated heterocycles. The number of hydrogen-bond acceptors (Lipinski definition) is 2. The quantitative estimate of drug-likeness (QED) is 0.640. The predicted molar refractivity (Wildman–Crippen MR) is 49.3 cm³/mol. The summed E-state index contributed by atoms with van der Waals surface area (Å²) in [6.45, 7) is 6.02. The van der Waals surface area contributed by atoms with Crippen molar-refractivity contribution in [2.24, 2.45) is 5.92 Å². The van der Waals surface area contributed by atoms with Gasteiger partial charge in [-0.2, -0.15) is 0 Å². The minimum absolute atomic E-state index is 0.0579. The minimum Gasteiger partial charge on any atom is -0.354 e. The average molecular weight is 201 g/mol. The second-order valence-corrected chi connectivity index (χ2v) is 4.51. The molecule has 1 amide bonds. The van der Waals surface area contributed by atoms with Crippen molar-refractivity contribution in [3.63, 3.8) is 0 Å². The van der Waals surface area contributed by atoms with Gasteiger partial charge in [0.15, 0.2) is 6.17 Å². The van der Waals surface area contributed by atoms with Crippen LogP contribution in [0.4, 0.5) is 4.39 Å². The molecule has 2 heterocycles. The fraction of sp³-hybridized carbons (Fsp3) is 0.900. The van der Waals surface area contributed by atoms with Crippen LogP contribution in [0.25, 0.3) is 0 Å². The van der Waals surface area contributed by atoms with Gasteiger partial charge in [0.1, 0.15) is 5.72 Å². The van der Waals surface area contributed by atoms with E-state index in [9.17, 15) is 9.18 Å². The highest BCUT2D eigenvalue weighted by atomic mass is 19.1. The molecule has 0 radical (unpaired) electrons. The standard InChI is InChI=1S/C10H16FNO2/c1-4-6-7-5-14-10(2,3)12(7)9(13)8(6)11/h6-8H,4-5H2,1-3H3/t6-,7?,8-/m0/s1. The van der Waals surface area contributed by atoms with E-state index in [-0.39, 0.29) is 12.0 Å². The Morgan fingerprint density at radius 1 is 1.64 bits per heavy atom. The summed E-state index contributed by atoms with van der Waals surface area (Å²) in [6.07, 6.45) is -0.638. The fourth-order valence-electron chi connectivity index (χ4n) is 2.57. The maximum absolute atomic E-state index is 13.6. The highest BCUT2D eigenvalue weighted by Gasteiger charge is 2.56. The molecule has 0 N–H and O–H groups in total. The van der Waals surface area contributed by atoms with Gasteiger partial charge < -0.3 is 9.64 Å². The van der Waals surface area contributed by atoms with E-state index < -0.39 is 17.8 Å². The number of hydrogen-bond donors (Lipinski definition) is 0. The third-order valence-electron chi connectivity index (χ3n) is 3.33. The second kappa shape index (κ2) is 2.92. The number of rotatable bonds is 1. The first-order valence-electron chi connectivity index (χ1n) is 5.10. The third-order valence-corrected chi connectivity index (χ3v) is 3.33. The van der Waals surface area contributed by atoms with E-state index in [4.69, 9.17) is 4.74 Å². The van der Waals surface area contributed by atoms with Crippen LogP contribution in [-0.2, 0) is 9.53 Å². The van der Waals surface area contributed by atoms with Crippen molar-refractivity contribution in [1.82, 2.24) is 4.90 Å². The average Bonchev–Trinajstić information content (AvgIpc) is 2.53. The summed E-state index contributed by atoms with van der Waals surface area (Å²) < 4.78 is 19.1. The lowest BCUT2D eigenvalue weighted by Gasteiger charge is -2.29. The number of ether oxygens (including phenoxy) is 1. The van der Waals surface area contributed by atoms with Gasteiger partial charge in [-0.05, 0) is 20.3 Å². The van der Waals surface area contributed by atoms with Crippen LogP contribution in [0.3, 0.4) is 0 Å². The zero-order valence-electron chi connectivity index (χ0n) is 8.79. The largest absolute Gasteiger partial charge is 0.354 e. The van der Waals surface area contributed by atoms with Gasteiger partial charge in [0, 0.05) is 5.92 Å². The van der Waals surface area contributed by atoms with Crippen molar-refractivity contribution in [2.45, 2.75) is 45.1 Å². The van der Waals surface area contributed by atoms with Crippen LogP contribution in [0, 0.1) is 5.92 Å². The van der Waals surface area contributed by atoms with Gasteiger partial charge >= 0.3 is 0 Å². The molecule has 0 aromatic heterocycles. The van der Waals surface area contributed by atoms with Gasteiger partial charge in [0.25, 0.3) is 5.91 Å². The van der Waals surface area contributed by atoms with Gasteiger partial charge in [0.2, 0.25) is 0 Å². The number of nitrogens with zero attached hydrogens (tertiary/aromatic N) is 1. The summed E-state index contributed by atoms with van der Waals surface area (Å²) >= 11 is 0. The minimum atomic E-state index is -1.33. The molecule has 0 aliphatic carbocycles. The smallest absolute Gasteiger partial charge is 0.260 e. The number of carbonyl (C=O) groups is 1. The number of halogens is 1. The summed E-state index contributed by atoms with van der Waals surface area (Å²) in [6, 6.07) is -0.0579. The van der Waals surface area contributed by atoms with Crippen LogP contribution in [0.1, 0.15) is 27.2 Å². The van der Waals surface area contributed by atoms with Gasteiger partial charge in [-0.25, -0.2) is 4.39 Å². The van der Waals surface area contributed by atoms with Gasteiger partial charge in [-0.1, -0.05) is 6.92 Å². The Labute approximate surface area is 83.2 Å². The predicted octanol–water partition coefficient (Wildman–Crippen LogP) is 1.33. The van der Waals surface area contributed by atoms with Crippen LogP contribution in [0.15, 0.2) is 0 Å². The molecular weight excluding hydrogens is 185 g/mol. The van der Waals surface area contributed by atoms with Crippen molar-refractivity contribution in [2.75, 3.05) is 6.61 Å². The van der Waals surface area contributed by atoms with E-state index >= 15 is 0 Å². The van der Waals surface area contributed by atoms with E-state index in [0.29, 0.717) is 13.0 Å². The lowest BCUT2D eigenvalue weighted by molar-refractivity contribution is -0.145. The van der Waals surface area contributed by atoms with Crippen LogP contribution in [0.5, 0.6) is 0 Å². The molecule has 0 aromatic rings. The fourth-order valence-corrected chi connectivity index (χ4v) is 2.57. The SMILES string of the molecule is CC[C@H]1C2COC(C)(C)N2C(=O)[C@H]1F. The lowest BCUT2D eigenvalue weighted by atomic mass is 9.97. The number of amides is 1. The van der Waals surface area contributed by atoms with Crippen molar-refractivity contribution in [3.8, 4) is 0 Å². The first kappa shape index (κ1) is 9.90. The van der Waals surface area contributed by atoms with Gasteiger partial charge in [-0.15, -0.1) is 0 Å². The second-order valence-electron chi connectivity index (χ2n) is 4.51. The van der Waals surface area contributed by atoms with Crippen LogP contribution >= 0.6 is 0 Å². The zero-order valence-corrected chi connectivity index (χ0v) is 8.79. The molecule has 2 fully saturated rings. The zero-order chi connectivity index (χ0) is 10.5. The van der Waals surface area contributed by atoms with Crippen LogP contribution in [-0.4, -0.2) is 35.4 Å². The topological polar surface area (TPSA) is 29.5 Å². The van der Waals surface area contributed by atoms with E-state index in [2.05, 4.69) is 0 Å². The normalized spacial score (nSPS) is 40.4. The molecule has 0 spiro atoms. The third kappa shape index (κ3) is 1.10. The monoisotopic (exact) mass is 201 g/mol. The first-order valence-corrected chi connectivity index (χ1v) is 5.10. The molecule has 14 heavy (non-hydrogen) atoms. The van der Waals surface area contributed by atoms with Crippen molar-refractivity contribution in [3.05, 3.63) is 0 Å². The number of fused-ring (bicyclic) bond motifs is 1. The maximum atomic E-state index is 13.6. The molecule has 0 aromatic carbocycles. The molecule has 3 atom stereocenters. The highest BCUT2D eigenvalue weighted by Crippen LogP contribution is 2.41. The molecule has 2 aliphatic rings. The Balaban J connectivity index is 2.30. The molecule has 2 aliphatic heterocycles. The highest BCUT2D eigenvalue weighted by molar-refractivity contribution is 5.85. The Hall–Kier alpha value is -0.640. The molecular formula is C10H16FNO2. The van der Waals surface area contributed by atoms with E-state index in [0.717, 1.165) is 0 Å². The van der Waals surface area contributed by atoms with Crippen LogP contribution < -0.4 is 0 Å². The Bertz CT molecular complexity index is 267. The summed E-state index contributed by atoms with van der Waals surface area (Å²) in [4.78, 5) is 13.2. The lowest BCUT2D eigenvalue weighted by Crippen LogP contribution is -2.44. The number of carbonyl (C=O) groups excluding carboxylic acids is 1. The maximum Gasteiger partial charge on any atom is 0.260 e. The van der Waals surface area contributed by atoms with Crippen molar-refractivity contribution >= 4 is 5.91 Å². The van der Waals surface area contributed by atoms with Crippen molar-refractivity contribution in [1.29, 1.82) is 0 Å². The molecule has 80 valence electrons. The summed E-state index contributed by atoms with van der Waals surface area (Å²) in [5, 5.41) is 0. The number of alkyl halides is 1. The molecule has 2 rings (SSSR count). The van der Waals surface area contributed by atoms with Crippen molar-refractivity contribution < 1.29 is 13.9 Å². The van der Waals surface area contributed by atoms with Gasteiger partial charge in [-0.3, -0.25) is 4.79 Å². The van der Waals surface area contributed by atoms with E-state index in [1.54, 1.807) is 4.90 Å². The molecule has 4 heteroatoms. The first-order chi connectivity index (χ1) is 6.49. The Morgan fingerprint density at radius 2 is 2.29 bits per heavy atom. The summed E-state index contributed by atoms with van der Waals surface area (Å²) in [7, 11) is 0. The Morgan fingerprint density at radius 3 is 2.86 bits per heavy atom. The molecule has 0 saturated carbocycles. The molecule has 3 nitrogen and oxygen atoms in total.